The summed E-state index contributed by atoms with van der Waals surface area (Å²) in [5, 5.41) is 0.926. The smallest absolute Gasteiger partial charge is 0.338 e. The van der Waals surface area contributed by atoms with E-state index < -0.39 is 0 Å². The number of hydrogen-bond acceptors (Lipinski definition) is 3. The molecule has 1 aromatic carbocycles. The van der Waals surface area contributed by atoms with Crippen LogP contribution in [0.5, 0.6) is 0 Å². The van der Waals surface area contributed by atoms with Crippen molar-refractivity contribution in [2.75, 3.05) is 0 Å². The van der Waals surface area contributed by atoms with E-state index in [1.807, 2.05) is 29.8 Å². The van der Waals surface area contributed by atoms with Crippen molar-refractivity contribution in [3.8, 4) is 0 Å². The Balaban J connectivity index is 0.00000156. The van der Waals surface area contributed by atoms with Crippen molar-refractivity contribution < 1.29 is 18.9 Å². The van der Waals surface area contributed by atoms with Crippen LogP contribution in [0.1, 0.15) is 48.2 Å². The molecule has 0 fully saturated rings. The summed E-state index contributed by atoms with van der Waals surface area (Å²) in [6, 6.07) is 10.8. The van der Waals surface area contributed by atoms with E-state index in [4.69, 9.17) is 4.74 Å². The maximum absolute atomic E-state index is 12.0. The Hall–Kier alpha value is -2.95. The van der Waals surface area contributed by atoms with Crippen LogP contribution in [0.3, 0.4) is 0 Å². The third-order valence-electron chi connectivity index (χ3n) is 3.66. The summed E-state index contributed by atoms with van der Waals surface area (Å²) < 4.78 is 7.16. The zero-order valence-corrected chi connectivity index (χ0v) is 13.0. The van der Waals surface area contributed by atoms with Gasteiger partial charge in [-0.15, -0.1) is 0 Å². The lowest BCUT2D eigenvalue weighted by atomic mass is 10.1. The molecule has 0 saturated carbocycles. The van der Waals surface area contributed by atoms with Gasteiger partial charge in [0, 0.05) is 28.6 Å². The van der Waals surface area contributed by atoms with E-state index in [1.54, 1.807) is 30.6 Å². The number of esters is 1. The molecule has 0 atom stereocenters. The number of H-pyrrole nitrogens is 1. The van der Waals surface area contributed by atoms with Crippen molar-refractivity contribution in [3.05, 3.63) is 65.6 Å². The molecule has 0 unspecified atom stereocenters. The molecule has 1 N–H and O–H groups in total. The molecule has 5 nitrogen and oxygen atoms in total. The first-order valence-corrected chi connectivity index (χ1v) is 7.28. The van der Waals surface area contributed by atoms with Gasteiger partial charge in [0.05, 0.1) is 11.3 Å². The van der Waals surface area contributed by atoms with Crippen LogP contribution in [0.25, 0.3) is 10.9 Å². The highest BCUT2D eigenvalue weighted by Crippen LogP contribution is 2.18. The third-order valence-corrected chi connectivity index (χ3v) is 3.66. The van der Waals surface area contributed by atoms with E-state index in [1.165, 1.54) is 6.92 Å². The highest BCUT2D eigenvalue weighted by atomic mass is 16.5. The van der Waals surface area contributed by atoms with Gasteiger partial charge in [0.25, 0.3) is 0 Å². The van der Waals surface area contributed by atoms with Crippen molar-refractivity contribution >= 4 is 22.7 Å². The van der Waals surface area contributed by atoms with Crippen molar-refractivity contribution in [1.29, 1.82) is 0 Å². The molecule has 0 aliphatic heterocycles. The second kappa shape index (κ2) is 8.24. The second-order valence-corrected chi connectivity index (χ2v) is 5.48. The Morgan fingerprint density at radius 1 is 1.04 bits per heavy atom. The number of nitrogens with one attached hydrogen (secondary N) is 1. The maximum Gasteiger partial charge on any atom is 0.338 e. The van der Waals surface area contributed by atoms with Gasteiger partial charge >= 0.3 is 5.97 Å². The number of carbonyl (C=O) groups excluding carboxylic acids is 2. The summed E-state index contributed by atoms with van der Waals surface area (Å²) >= 11 is 0. The lowest BCUT2D eigenvalue weighted by molar-refractivity contribution is -0.671. The topological polar surface area (TPSA) is 63.0 Å². The van der Waals surface area contributed by atoms with E-state index in [-0.39, 0.29) is 33.2 Å². The Kier molecular flexibility index (Phi) is 6.62. The molecule has 2 heterocycles. The molecule has 0 aliphatic rings. The van der Waals surface area contributed by atoms with Crippen molar-refractivity contribution in [2.24, 2.45) is 7.05 Å². The van der Waals surface area contributed by atoms with Gasteiger partial charge in [-0.3, -0.25) is 4.79 Å². The molecule has 3 rings (SSSR count). The fraction of sp³-hybridized carbons (Fsp3) is 0.250. The van der Waals surface area contributed by atoms with E-state index >= 15 is 0 Å². The van der Waals surface area contributed by atoms with Crippen LogP contribution in [0, 0.1) is 0 Å². The number of aromatic amines is 1. The molecule has 0 bridgehead atoms. The molecular weight excluding hydrogens is 316 g/mol. The van der Waals surface area contributed by atoms with Gasteiger partial charge in [0.2, 0.25) is 0 Å². The molecule has 0 amide bonds. The molecule has 0 spiro atoms. The average Bonchev–Trinajstić information content (AvgIpc) is 2.95. The zero-order valence-electron chi connectivity index (χ0n) is 13.0. The number of pyridine rings is 1. The van der Waals surface area contributed by atoms with Crippen LogP contribution in [0.2, 0.25) is 0 Å². The fourth-order valence-electron chi connectivity index (χ4n) is 2.35. The predicted molar refractivity (Wildman–Crippen MR) is 98.5 cm³/mol. The van der Waals surface area contributed by atoms with E-state index in [2.05, 4.69) is 4.98 Å². The minimum absolute atomic E-state index is 0. The molecule has 25 heavy (non-hydrogen) atoms. The highest BCUT2D eigenvalue weighted by Gasteiger charge is 2.10. The van der Waals surface area contributed by atoms with Gasteiger partial charge in [-0.05, 0) is 31.2 Å². The molecule has 0 aliphatic carbocycles. The Morgan fingerprint density at radius 2 is 1.72 bits per heavy atom. The SMILES string of the molecule is C.C.CC(=O)c1ccc2[nH]c(COC(=O)c3cc[n+](C)cc3)cc2c1. The van der Waals surface area contributed by atoms with Crippen molar-refractivity contribution in [3.63, 3.8) is 0 Å². The number of ether oxygens (including phenoxy) is 1. The number of ketones is 1. The standard InChI is InChI=1S/C18H16N2O3.2CH4/c1-12(21)14-3-4-17-15(9-14)10-16(19-17)11-23-18(22)13-5-7-20(2)8-6-13;;/h3-10H,11H2,1-2H3;2*1H4/p+1. The van der Waals surface area contributed by atoms with Gasteiger partial charge in [-0.2, -0.15) is 0 Å². The number of aryl methyl sites for hydroxylation is 1. The number of hydrogen-bond donors (Lipinski definition) is 1. The molecule has 132 valence electrons. The van der Waals surface area contributed by atoms with E-state index in [9.17, 15) is 9.59 Å². The van der Waals surface area contributed by atoms with Crippen LogP contribution < -0.4 is 4.57 Å². The summed E-state index contributed by atoms with van der Waals surface area (Å²) in [7, 11) is 1.88. The van der Waals surface area contributed by atoms with Gasteiger partial charge in [-0.25, -0.2) is 9.36 Å². The number of carbonyl (C=O) groups is 2. The van der Waals surface area contributed by atoms with Gasteiger partial charge < -0.3 is 9.72 Å². The van der Waals surface area contributed by atoms with Crippen molar-refractivity contribution in [1.82, 2.24) is 4.98 Å². The largest absolute Gasteiger partial charge is 0.456 e. The van der Waals surface area contributed by atoms with Gasteiger partial charge in [-0.1, -0.05) is 14.9 Å². The van der Waals surface area contributed by atoms with Gasteiger partial charge in [0.1, 0.15) is 13.7 Å². The number of rotatable bonds is 4. The number of benzene rings is 1. The van der Waals surface area contributed by atoms with Crippen LogP contribution >= 0.6 is 0 Å². The van der Waals surface area contributed by atoms with Crippen LogP contribution in [0.4, 0.5) is 0 Å². The monoisotopic (exact) mass is 341 g/mol. The predicted octanol–water partition coefficient (Wildman–Crippen LogP) is 3.82. The molecule has 0 saturated heterocycles. The minimum Gasteiger partial charge on any atom is -0.456 e. The first-order chi connectivity index (χ1) is 11.0. The average molecular weight is 341 g/mol. The first-order valence-electron chi connectivity index (χ1n) is 7.28. The Labute approximate surface area is 148 Å². The quantitative estimate of drug-likeness (QED) is 0.446. The molecule has 5 heteroatoms. The molecular formula is C20H25N2O3+. The molecule has 3 aromatic rings. The summed E-state index contributed by atoms with van der Waals surface area (Å²) in [4.78, 5) is 26.6. The summed E-state index contributed by atoms with van der Waals surface area (Å²) in [6.45, 7) is 1.69. The van der Waals surface area contributed by atoms with Crippen LogP contribution in [0.15, 0.2) is 48.8 Å². The third kappa shape index (κ3) is 4.53. The number of Topliss-reactive ketones (excluding diaryl/α,β-unsaturated/α-hetero) is 1. The number of aromatic nitrogens is 2. The van der Waals surface area contributed by atoms with Gasteiger partial charge in [0.15, 0.2) is 18.2 Å². The van der Waals surface area contributed by atoms with Crippen LogP contribution in [-0.4, -0.2) is 16.7 Å². The zero-order chi connectivity index (χ0) is 16.4. The lowest BCUT2D eigenvalue weighted by Gasteiger charge is -2.02. The summed E-state index contributed by atoms with van der Waals surface area (Å²) in [5.74, 6) is -0.341. The molecule has 2 aromatic heterocycles. The Morgan fingerprint density at radius 3 is 2.36 bits per heavy atom. The maximum atomic E-state index is 12.0. The molecule has 0 radical (unpaired) electrons. The first kappa shape index (κ1) is 20.1. The van der Waals surface area contributed by atoms with Crippen molar-refractivity contribution in [2.45, 2.75) is 28.4 Å². The summed E-state index contributed by atoms with van der Waals surface area (Å²) in [5.41, 5.74) is 2.87. The van der Waals surface area contributed by atoms with E-state index in [0.717, 1.165) is 16.6 Å². The number of nitrogens with zero attached hydrogens (tertiary/aromatic N) is 1. The summed E-state index contributed by atoms with van der Waals surface area (Å²) in [6.07, 6.45) is 3.59. The fourth-order valence-corrected chi connectivity index (χ4v) is 2.35. The van der Waals surface area contributed by atoms with E-state index in [0.29, 0.717) is 11.1 Å². The van der Waals surface area contributed by atoms with Crippen LogP contribution in [-0.2, 0) is 18.4 Å². The Bertz CT molecular complexity index is 880. The minimum atomic E-state index is -0.367. The number of fused-ring (bicyclic) bond motifs is 1. The lowest BCUT2D eigenvalue weighted by Crippen LogP contribution is -2.26. The normalized spacial score (nSPS) is 9.84. The highest BCUT2D eigenvalue weighted by molar-refractivity contribution is 5.98. The second-order valence-electron chi connectivity index (χ2n) is 5.48.